The highest BCUT2D eigenvalue weighted by Crippen LogP contribution is 2.16. The van der Waals surface area contributed by atoms with Gasteiger partial charge in [-0.3, -0.25) is 4.98 Å². The number of hydrogen-bond donors (Lipinski definition) is 0. The van der Waals surface area contributed by atoms with E-state index < -0.39 is 0 Å². The van der Waals surface area contributed by atoms with Gasteiger partial charge in [-0.25, -0.2) is 0 Å². The molecule has 0 aliphatic rings. The lowest BCUT2D eigenvalue weighted by Crippen LogP contribution is -1.78. The van der Waals surface area contributed by atoms with Crippen molar-refractivity contribution in [2.75, 3.05) is 5.75 Å². The van der Waals surface area contributed by atoms with E-state index in [1.165, 1.54) is 23.5 Å². The van der Waals surface area contributed by atoms with Crippen molar-refractivity contribution in [3.8, 4) is 0 Å². The molecule has 1 heterocycles. The van der Waals surface area contributed by atoms with Gasteiger partial charge in [0.25, 0.3) is 0 Å². The number of unbranched alkanes of at least 4 members (excludes halogenated alkanes) is 1. The zero-order chi connectivity index (χ0) is 7.94. The highest BCUT2D eigenvalue weighted by atomic mass is 32.2. The number of thioether (sulfide) groups is 1. The van der Waals surface area contributed by atoms with Crippen LogP contribution in [0.25, 0.3) is 0 Å². The highest BCUT2D eigenvalue weighted by molar-refractivity contribution is 7.99. The second kappa shape index (κ2) is 5.19. The first-order valence-electron chi connectivity index (χ1n) is 3.96. The molecule has 0 saturated carbocycles. The summed E-state index contributed by atoms with van der Waals surface area (Å²) >= 11 is 1.88. The molecule has 0 saturated heterocycles. The Morgan fingerprint density at radius 1 is 1.55 bits per heavy atom. The van der Waals surface area contributed by atoms with Crippen LogP contribution in [0.4, 0.5) is 0 Å². The standard InChI is InChI=1S/C9H13NS/c1-2-3-7-11-9-5-4-6-10-8-9/h4-6,8H,2-3,7H2,1H3. The molecule has 11 heavy (non-hydrogen) atoms. The van der Waals surface area contributed by atoms with E-state index in [2.05, 4.69) is 18.0 Å². The minimum absolute atomic E-state index is 1.21. The van der Waals surface area contributed by atoms with Crippen LogP contribution in [0.5, 0.6) is 0 Å². The molecular formula is C9H13NS. The molecular weight excluding hydrogens is 154 g/mol. The summed E-state index contributed by atoms with van der Waals surface area (Å²) in [4.78, 5) is 5.32. The summed E-state index contributed by atoms with van der Waals surface area (Å²) < 4.78 is 0. The van der Waals surface area contributed by atoms with Crippen molar-refractivity contribution in [3.63, 3.8) is 0 Å². The predicted molar refractivity (Wildman–Crippen MR) is 49.9 cm³/mol. The van der Waals surface area contributed by atoms with E-state index in [-0.39, 0.29) is 0 Å². The van der Waals surface area contributed by atoms with Gasteiger partial charge in [0.2, 0.25) is 0 Å². The van der Waals surface area contributed by atoms with Crippen molar-refractivity contribution >= 4 is 11.8 Å². The van der Waals surface area contributed by atoms with Gasteiger partial charge in [-0.05, 0) is 24.3 Å². The quantitative estimate of drug-likeness (QED) is 0.505. The van der Waals surface area contributed by atoms with Gasteiger partial charge >= 0.3 is 0 Å². The fourth-order valence-electron chi connectivity index (χ4n) is 0.767. The Hall–Kier alpha value is -0.500. The molecule has 1 rings (SSSR count). The molecule has 1 nitrogen and oxygen atoms in total. The Morgan fingerprint density at radius 2 is 2.45 bits per heavy atom. The van der Waals surface area contributed by atoms with Crippen LogP contribution in [0.3, 0.4) is 0 Å². The summed E-state index contributed by atoms with van der Waals surface area (Å²) in [7, 11) is 0. The second-order valence-electron chi connectivity index (χ2n) is 2.39. The van der Waals surface area contributed by atoms with E-state index in [1.54, 1.807) is 0 Å². The molecule has 0 unspecified atom stereocenters. The van der Waals surface area contributed by atoms with Crippen molar-refractivity contribution < 1.29 is 0 Å². The first kappa shape index (κ1) is 8.60. The summed E-state index contributed by atoms with van der Waals surface area (Å²) in [5.41, 5.74) is 0. The monoisotopic (exact) mass is 167 g/mol. The first-order chi connectivity index (χ1) is 5.43. The van der Waals surface area contributed by atoms with E-state index in [4.69, 9.17) is 0 Å². The van der Waals surface area contributed by atoms with Crippen LogP contribution in [0.2, 0.25) is 0 Å². The van der Waals surface area contributed by atoms with Crippen LogP contribution in [-0.2, 0) is 0 Å². The van der Waals surface area contributed by atoms with Crippen molar-refractivity contribution in [1.29, 1.82) is 0 Å². The molecule has 0 aliphatic heterocycles. The number of nitrogens with zero attached hydrogens (tertiary/aromatic N) is 1. The van der Waals surface area contributed by atoms with E-state index >= 15 is 0 Å². The second-order valence-corrected chi connectivity index (χ2v) is 3.56. The third-order valence-electron chi connectivity index (χ3n) is 1.40. The normalized spacial score (nSPS) is 9.91. The van der Waals surface area contributed by atoms with Gasteiger partial charge in [-0.2, -0.15) is 0 Å². The van der Waals surface area contributed by atoms with Gasteiger partial charge in [0, 0.05) is 17.3 Å². The van der Waals surface area contributed by atoms with E-state index in [1.807, 2.05) is 30.2 Å². The molecule has 0 N–H and O–H groups in total. The van der Waals surface area contributed by atoms with E-state index in [0.29, 0.717) is 0 Å². The number of pyridine rings is 1. The summed E-state index contributed by atoms with van der Waals surface area (Å²) in [5.74, 6) is 1.21. The zero-order valence-corrected chi connectivity index (χ0v) is 7.60. The van der Waals surface area contributed by atoms with Crippen molar-refractivity contribution in [3.05, 3.63) is 24.5 Å². The average molecular weight is 167 g/mol. The maximum absolute atomic E-state index is 4.04. The molecule has 1 aromatic rings. The topological polar surface area (TPSA) is 12.9 Å². The van der Waals surface area contributed by atoms with Crippen LogP contribution < -0.4 is 0 Å². The Bertz CT molecular complexity index is 186. The largest absolute Gasteiger partial charge is 0.264 e. The van der Waals surface area contributed by atoms with Crippen molar-refractivity contribution in [1.82, 2.24) is 4.98 Å². The smallest absolute Gasteiger partial charge is 0.0403 e. The minimum Gasteiger partial charge on any atom is -0.264 e. The molecule has 0 aromatic carbocycles. The summed E-state index contributed by atoms with van der Waals surface area (Å²) in [6.45, 7) is 2.21. The van der Waals surface area contributed by atoms with Gasteiger partial charge in [-0.1, -0.05) is 13.3 Å². The van der Waals surface area contributed by atoms with Gasteiger partial charge in [0.1, 0.15) is 0 Å². The lowest BCUT2D eigenvalue weighted by Gasteiger charge is -1.97. The maximum atomic E-state index is 4.04. The van der Waals surface area contributed by atoms with Gasteiger partial charge in [-0.15, -0.1) is 11.8 Å². The summed E-state index contributed by atoms with van der Waals surface area (Å²) in [6, 6.07) is 4.08. The highest BCUT2D eigenvalue weighted by Gasteiger charge is 1.90. The number of aromatic nitrogens is 1. The Kier molecular flexibility index (Phi) is 4.06. The lowest BCUT2D eigenvalue weighted by atomic mass is 10.4. The Balaban J connectivity index is 2.28. The molecule has 0 amide bonds. The molecule has 0 aliphatic carbocycles. The summed E-state index contributed by atoms with van der Waals surface area (Å²) in [5, 5.41) is 0. The first-order valence-corrected chi connectivity index (χ1v) is 4.95. The number of hydrogen-bond acceptors (Lipinski definition) is 2. The van der Waals surface area contributed by atoms with Crippen LogP contribution in [0.1, 0.15) is 19.8 Å². The van der Waals surface area contributed by atoms with Crippen LogP contribution >= 0.6 is 11.8 Å². The molecule has 1 aromatic heterocycles. The van der Waals surface area contributed by atoms with Crippen molar-refractivity contribution in [2.24, 2.45) is 0 Å². The third-order valence-corrected chi connectivity index (χ3v) is 2.47. The molecule has 0 bridgehead atoms. The SMILES string of the molecule is CCCCSc1cccnc1. The van der Waals surface area contributed by atoms with Crippen LogP contribution in [0, 0.1) is 0 Å². The Morgan fingerprint density at radius 3 is 3.09 bits per heavy atom. The zero-order valence-electron chi connectivity index (χ0n) is 6.79. The fourth-order valence-corrected chi connectivity index (χ4v) is 1.75. The van der Waals surface area contributed by atoms with Crippen LogP contribution in [-0.4, -0.2) is 10.7 Å². The van der Waals surface area contributed by atoms with Gasteiger partial charge in [0.05, 0.1) is 0 Å². The maximum Gasteiger partial charge on any atom is 0.0403 e. The molecule has 0 radical (unpaired) electrons. The number of rotatable bonds is 4. The van der Waals surface area contributed by atoms with Gasteiger partial charge in [0.15, 0.2) is 0 Å². The summed E-state index contributed by atoms with van der Waals surface area (Å²) in [6.07, 6.45) is 6.29. The van der Waals surface area contributed by atoms with Crippen molar-refractivity contribution in [2.45, 2.75) is 24.7 Å². The Labute approximate surface area is 72.2 Å². The molecule has 2 heteroatoms. The molecule has 0 spiro atoms. The third kappa shape index (κ3) is 3.42. The van der Waals surface area contributed by atoms with E-state index in [9.17, 15) is 0 Å². The molecule has 0 fully saturated rings. The predicted octanol–water partition coefficient (Wildman–Crippen LogP) is 2.97. The lowest BCUT2D eigenvalue weighted by molar-refractivity contribution is 0.896. The van der Waals surface area contributed by atoms with E-state index in [0.717, 1.165) is 0 Å². The fraction of sp³-hybridized carbons (Fsp3) is 0.444. The average Bonchev–Trinajstić information content (AvgIpc) is 2.07. The van der Waals surface area contributed by atoms with Crippen LogP contribution in [0.15, 0.2) is 29.4 Å². The molecule has 60 valence electrons. The van der Waals surface area contributed by atoms with Gasteiger partial charge < -0.3 is 0 Å². The minimum atomic E-state index is 1.21. The molecule has 0 atom stereocenters.